The molecule has 20 heavy (non-hydrogen) atoms. The molecule has 4 nitrogen and oxygen atoms in total. The summed E-state index contributed by atoms with van der Waals surface area (Å²) < 4.78 is 31.2. The van der Waals surface area contributed by atoms with Gasteiger partial charge in [-0.05, 0) is 31.4 Å². The SMILES string of the molecule is O=C(COc1ccc(F)cc1F)N(CCO)C1CCC1. The number of rotatable bonds is 6. The molecule has 2 rings (SSSR count). The van der Waals surface area contributed by atoms with Gasteiger partial charge in [-0.15, -0.1) is 0 Å². The molecule has 1 N–H and O–H groups in total. The topological polar surface area (TPSA) is 49.8 Å². The third kappa shape index (κ3) is 3.45. The van der Waals surface area contributed by atoms with Gasteiger partial charge in [-0.3, -0.25) is 4.79 Å². The van der Waals surface area contributed by atoms with E-state index in [9.17, 15) is 13.6 Å². The van der Waals surface area contributed by atoms with Gasteiger partial charge in [0.2, 0.25) is 0 Å². The number of nitrogens with zero attached hydrogens (tertiary/aromatic N) is 1. The fraction of sp³-hybridized carbons (Fsp3) is 0.500. The summed E-state index contributed by atoms with van der Waals surface area (Å²) in [4.78, 5) is 13.6. The number of ether oxygens (including phenoxy) is 1. The monoisotopic (exact) mass is 285 g/mol. The van der Waals surface area contributed by atoms with Crippen LogP contribution in [0.25, 0.3) is 0 Å². The van der Waals surface area contributed by atoms with Crippen LogP contribution in [0.1, 0.15) is 19.3 Å². The summed E-state index contributed by atoms with van der Waals surface area (Å²) in [5.41, 5.74) is 0. The summed E-state index contributed by atoms with van der Waals surface area (Å²) in [5.74, 6) is -1.99. The highest BCUT2D eigenvalue weighted by atomic mass is 19.1. The molecule has 0 saturated heterocycles. The van der Waals surface area contributed by atoms with Crippen LogP contribution in [0.2, 0.25) is 0 Å². The van der Waals surface area contributed by atoms with E-state index in [-0.39, 0.29) is 37.5 Å². The van der Waals surface area contributed by atoms with E-state index in [1.165, 1.54) is 0 Å². The first-order valence-corrected chi connectivity index (χ1v) is 6.60. The average molecular weight is 285 g/mol. The minimum Gasteiger partial charge on any atom is -0.481 e. The van der Waals surface area contributed by atoms with E-state index in [2.05, 4.69) is 0 Å². The van der Waals surface area contributed by atoms with Crippen LogP contribution in [0, 0.1) is 11.6 Å². The van der Waals surface area contributed by atoms with Gasteiger partial charge in [-0.2, -0.15) is 0 Å². The second-order valence-electron chi connectivity index (χ2n) is 4.76. The highest BCUT2D eigenvalue weighted by Crippen LogP contribution is 2.25. The maximum absolute atomic E-state index is 13.4. The van der Waals surface area contributed by atoms with Crippen LogP contribution in [0.5, 0.6) is 5.75 Å². The minimum atomic E-state index is -0.838. The van der Waals surface area contributed by atoms with Crippen molar-refractivity contribution in [3.8, 4) is 5.75 Å². The molecule has 0 radical (unpaired) electrons. The van der Waals surface area contributed by atoms with Crippen molar-refractivity contribution in [1.82, 2.24) is 4.90 Å². The molecule has 1 aromatic carbocycles. The Labute approximate surface area is 116 Å². The minimum absolute atomic E-state index is 0.118. The summed E-state index contributed by atoms with van der Waals surface area (Å²) in [6.45, 7) is -0.190. The molecule has 1 saturated carbocycles. The van der Waals surface area contributed by atoms with Crippen LogP contribution in [0.3, 0.4) is 0 Å². The van der Waals surface area contributed by atoms with Crippen LogP contribution in [-0.4, -0.2) is 41.7 Å². The van der Waals surface area contributed by atoms with Gasteiger partial charge in [-0.1, -0.05) is 0 Å². The van der Waals surface area contributed by atoms with E-state index in [0.29, 0.717) is 6.07 Å². The molecule has 0 unspecified atom stereocenters. The first-order chi connectivity index (χ1) is 9.61. The lowest BCUT2D eigenvalue weighted by Gasteiger charge is -2.37. The van der Waals surface area contributed by atoms with Crippen molar-refractivity contribution < 1.29 is 23.4 Å². The zero-order chi connectivity index (χ0) is 14.5. The summed E-state index contributed by atoms with van der Waals surface area (Å²) >= 11 is 0. The van der Waals surface area contributed by atoms with Gasteiger partial charge in [-0.25, -0.2) is 8.78 Å². The van der Waals surface area contributed by atoms with Crippen LogP contribution < -0.4 is 4.74 Å². The van der Waals surface area contributed by atoms with Crippen molar-refractivity contribution in [1.29, 1.82) is 0 Å². The van der Waals surface area contributed by atoms with Crippen LogP contribution in [-0.2, 0) is 4.79 Å². The van der Waals surface area contributed by atoms with Crippen molar-refractivity contribution >= 4 is 5.91 Å². The van der Waals surface area contributed by atoms with Gasteiger partial charge < -0.3 is 14.7 Å². The molecule has 0 atom stereocenters. The van der Waals surface area contributed by atoms with E-state index in [1.807, 2.05) is 0 Å². The Bertz CT molecular complexity index is 477. The summed E-state index contributed by atoms with van der Waals surface area (Å²) in [6, 6.07) is 3.06. The normalized spacial score (nSPS) is 14.8. The summed E-state index contributed by atoms with van der Waals surface area (Å²) in [7, 11) is 0. The zero-order valence-electron chi connectivity index (χ0n) is 11.0. The number of carbonyl (C=O) groups excluding carboxylic acids is 1. The number of aliphatic hydroxyl groups is 1. The van der Waals surface area contributed by atoms with E-state index < -0.39 is 11.6 Å². The first kappa shape index (κ1) is 14.7. The first-order valence-electron chi connectivity index (χ1n) is 6.60. The fourth-order valence-electron chi connectivity index (χ4n) is 2.13. The Hall–Kier alpha value is -1.69. The van der Waals surface area contributed by atoms with Gasteiger partial charge in [0.15, 0.2) is 18.2 Å². The standard InChI is InChI=1S/C14H17F2NO3/c15-10-4-5-13(12(16)8-10)20-9-14(19)17(6-7-18)11-2-1-3-11/h4-5,8,11,18H,1-3,6-7,9H2. The molecule has 1 fully saturated rings. The maximum Gasteiger partial charge on any atom is 0.260 e. The van der Waals surface area contributed by atoms with Crippen LogP contribution >= 0.6 is 0 Å². The molecule has 1 aliphatic rings. The van der Waals surface area contributed by atoms with Crippen molar-refractivity contribution in [2.45, 2.75) is 25.3 Å². The number of hydrogen-bond donors (Lipinski definition) is 1. The van der Waals surface area contributed by atoms with Crippen LogP contribution in [0.4, 0.5) is 8.78 Å². The molecular formula is C14H17F2NO3. The molecule has 1 aromatic rings. The lowest BCUT2D eigenvalue weighted by atomic mass is 9.91. The van der Waals surface area contributed by atoms with E-state index in [4.69, 9.17) is 9.84 Å². The van der Waals surface area contributed by atoms with Crippen molar-refractivity contribution in [3.63, 3.8) is 0 Å². The lowest BCUT2D eigenvalue weighted by Crippen LogP contribution is -2.47. The van der Waals surface area contributed by atoms with Crippen LogP contribution in [0.15, 0.2) is 18.2 Å². The zero-order valence-corrected chi connectivity index (χ0v) is 11.0. The number of benzene rings is 1. The maximum atomic E-state index is 13.4. The second kappa shape index (κ2) is 6.65. The predicted molar refractivity (Wildman–Crippen MR) is 68.3 cm³/mol. The number of halogens is 2. The Balaban J connectivity index is 1.92. The Morgan fingerprint density at radius 1 is 1.40 bits per heavy atom. The lowest BCUT2D eigenvalue weighted by molar-refractivity contribution is -0.138. The molecule has 0 aliphatic heterocycles. The number of carbonyl (C=O) groups is 1. The third-order valence-corrected chi connectivity index (χ3v) is 3.42. The summed E-state index contributed by atoms with van der Waals surface area (Å²) in [6.07, 6.45) is 2.89. The Kier molecular flexibility index (Phi) is 4.89. The fourth-order valence-corrected chi connectivity index (χ4v) is 2.13. The Morgan fingerprint density at radius 2 is 2.15 bits per heavy atom. The highest BCUT2D eigenvalue weighted by Gasteiger charge is 2.28. The van der Waals surface area contributed by atoms with Crippen molar-refractivity contribution in [2.24, 2.45) is 0 Å². The molecule has 1 aliphatic carbocycles. The van der Waals surface area contributed by atoms with Gasteiger partial charge in [0.05, 0.1) is 6.61 Å². The number of hydrogen-bond acceptors (Lipinski definition) is 3. The van der Waals surface area contributed by atoms with Gasteiger partial charge in [0, 0.05) is 18.7 Å². The van der Waals surface area contributed by atoms with Crippen molar-refractivity contribution in [2.75, 3.05) is 19.8 Å². The van der Waals surface area contributed by atoms with E-state index in [1.54, 1.807) is 4.90 Å². The molecule has 6 heteroatoms. The summed E-state index contributed by atoms with van der Waals surface area (Å²) in [5, 5.41) is 8.98. The average Bonchev–Trinajstić information content (AvgIpc) is 2.34. The molecular weight excluding hydrogens is 268 g/mol. The Morgan fingerprint density at radius 3 is 2.70 bits per heavy atom. The van der Waals surface area contributed by atoms with E-state index >= 15 is 0 Å². The number of aliphatic hydroxyl groups excluding tert-OH is 1. The highest BCUT2D eigenvalue weighted by molar-refractivity contribution is 5.78. The number of amides is 1. The predicted octanol–water partition coefficient (Wildman–Crippen LogP) is 1.72. The molecule has 0 bridgehead atoms. The van der Waals surface area contributed by atoms with E-state index in [0.717, 1.165) is 31.4 Å². The van der Waals surface area contributed by atoms with Gasteiger partial charge in [0.1, 0.15) is 5.82 Å². The largest absolute Gasteiger partial charge is 0.481 e. The molecule has 0 heterocycles. The molecule has 1 amide bonds. The third-order valence-electron chi connectivity index (χ3n) is 3.42. The smallest absolute Gasteiger partial charge is 0.260 e. The van der Waals surface area contributed by atoms with Crippen molar-refractivity contribution in [3.05, 3.63) is 29.8 Å². The molecule has 110 valence electrons. The van der Waals surface area contributed by atoms with Gasteiger partial charge >= 0.3 is 0 Å². The molecule has 0 aromatic heterocycles. The van der Waals surface area contributed by atoms with Gasteiger partial charge in [0.25, 0.3) is 5.91 Å². The second-order valence-corrected chi connectivity index (χ2v) is 4.76. The quantitative estimate of drug-likeness (QED) is 0.865. The molecule has 0 spiro atoms.